The van der Waals surface area contributed by atoms with E-state index in [0.717, 1.165) is 16.9 Å². The fourth-order valence-corrected chi connectivity index (χ4v) is 2.86. The van der Waals surface area contributed by atoms with Gasteiger partial charge in [0.25, 0.3) is 5.91 Å². The number of benzene rings is 1. The summed E-state index contributed by atoms with van der Waals surface area (Å²) in [5, 5.41) is 7.21. The van der Waals surface area contributed by atoms with Crippen LogP contribution in [0.25, 0.3) is 0 Å². The van der Waals surface area contributed by atoms with Crippen LogP contribution in [0.3, 0.4) is 0 Å². The Labute approximate surface area is 144 Å². The van der Waals surface area contributed by atoms with E-state index >= 15 is 0 Å². The molecule has 2 aromatic rings. The van der Waals surface area contributed by atoms with Gasteiger partial charge in [0.2, 0.25) is 5.91 Å². The van der Waals surface area contributed by atoms with Crippen molar-refractivity contribution in [3.05, 3.63) is 56.1 Å². The Balaban J connectivity index is 2.03. The summed E-state index contributed by atoms with van der Waals surface area (Å²) in [5.41, 5.74) is 2.05. The summed E-state index contributed by atoms with van der Waals surface area (Å²) in [4.78, 5) is 38.4. The van der Waals surface area contributed by atoms with Crippen molar-refractivity contribution in [1.82, 2.24) is 15.6 Å². The van der Waals surface area contributed by atoms with E-state index in [1.807, 2.05) is 32.9 Å². The third-order valence-electron chi connectivity index (χ3n) is 3.65. The van der Waals surface area contributed by atoms with Gasteiger partial charge in [-0.3, -0.25) is 14.4 Å². The summed E-state index contributed by atoms with van der Waals surface area (Å²) in [6.07, 6.45) is 0. The van der Waals surface area contributed by atoms with Crippen LogP contribution in [-0.4, -0.2) is 22.8 Å². The number of thiazole rings is 1. The van der Waals surface area contributed by atoms with Gasteiger partial charge in [-0.2, -0.15) is 0 Å². The van der Waals surface area contributed by atoms with Gasteiger partial charge in [-0.25, -0.2) is 0 Å². The number of aryl methyl sites for hydroxylation is 1. The average Bonchev–Trinajstić information content (AvgIpc) is 2.95. The molecule has 0 aliphatic rings. The quantitative estimate of drug-likeness (QED) is 0.744. The Morgan fingerprint density at radius 1 is 1.25 bits per heavy atom. The summed E-state index contributed by atoms with van der Waals surface area (Å²) >= 11 is 1.05. The predicted octanol–water partition coefficient (Wildman–Crippen LogP) is 1.82. The third-order valence-corrected chi connectivity index (χ3v) is 4.37. The summed E-state index contributed by atoms with van der Waals surface area (Å²) in [7, 11) is 0. The van der Waals surface area contributed by atoms with Crippen molar-refractivity contribution in [2.75, 3.05) is 0 Å². The van der Waals surface area contributed by atoms with Crippen LogP contribution >= 0.6 is 11.3 Å². The molecule has 0 spiro atoms. The fourth-order valence-electron chi connectivity index (χ4n) is 2.27. The lowest BCUT2D eigenvalue weighted by Crippen LogP contribution is -2.49. The number of aromatic amines is 1. The van der Waals surface area contributed by atoms with Gasteiger partial charge in [-0.15, -0.1) is 0 Å². The minimum atomic E-state index is -0.650. The van der Waals surface area contributed by atoms with Crippen LogP contribution in [-0.2, 0) is 11.3 Å². The minimum absolute atomic E-state index is 0.0699. The van der Waals surface area contributed by atoms with E-state index in [1.54, 1.807) is 17.5 Å². The smallest absolute Gasteiger partial charge is 0.304 e. The van der Waals surface area contributed by atoms with Crippen LogP contribution in [0.1, 0.15) is 35.5 Å². The topological polar surface area (TPSA) is 91.1 Å². The van der Waals surface area contributed by atoms with Gasteiger partial charge in [-0.05, 0) is 24.5 Å². The number of amides is 2. The lowest BCUT2D eigenvalue weighted by atomic mass is 10.0. The van der Waals surface area contributed by atoms with Gasteiger partial charge in [0.05, 0.1) is 6.54 Å². The van der Waals surface area contributed by atoms with Crippen LogP contribution in [0.4, 0.5) is 0 Å². The molecule has 0 aliphatic carbocycles. The van der Waals surface area contributed by atoms with Gasteiger partial charge in [0.1, 0.15) is 6.04 Å². The van der Waals surface area contributed by atoms with Crippen molar-refractivity contribution >= 4 is 23.2 Å². The molecule has 2 rings (SSSR count). The zero-order valence-electron chi connectivity index (χ0n) is 13.9. The second-order valence-electron chi connectivity index (χ2n) is 5.90. The molecule has 0 bridgehead atoms. The number of aromatic nitrogens is 1. The molecule has 0 saturated heterocycles. The molecule has 7 heteroatoms. The van der Waals surface area contributed by atoms with Crippen LogP contribution in [0, 0.1) is 12.8 Å². The van der Waals surface area contributed by atoms with E-state index in [-0.39, 0.29) is 29.1 Å². The van der Waals surface area contributed by atoms with Crippen molar-refractivity contribution in [1.29, 1.82) is 0 Å². The summed E-state index contributed by atoms with van der Waals surface area (Å²) in [5.74, 6) is -0.621. The van der Waals surface area contributed by atoms with Gasteiger partial charge in [0.15, 0.2) is 0 Å². The molecule has 0 aliphatic heterocycles. The second-order valence-corrected chi connectivity index (χ2v) is 6.74. The largest absolute Gasteiger partial charge is 0.349 e. The van der Waals surface area contributed by atoms with Crippen molar-refractivity contribution < 1.29 is 9.59 Å². The van der Waals surface area contributed by atoms with E-state index in [2.05, 4.69) is 15.6 Å². The molecular formula is C17H21N3O3S. The first kappa shape index (κ1) is 17.9. The lowest BCUT2D eigenvalue weighted by molar-refractivity contribution is -0.124. The maximum atomic E-state index is 12.4. The molecule has 24 heavy (non-hydrogen) atoms. The molecule has 1 aromatic heterocycles. The maximum Gasteiger partial charge on any atom is 0.304 e. The predicted molar refractivity (Wildman–Crippen MR) is 94.1 cm³/mol. The highest BCUT2D eigenvalue weighted by atomic mass is 32.1. The molecule has 3 N–H and O–H groups in total. The molecule has 128 valence electrons. The van der Waals surface area contributed by atoms with E-state index in [9.17, 15) is 14.4 Å². The second kappa shape index (κ2) is 7.92. The van der Waals surface area contributed by atoms with Crippen LogP contribution in [0.2, 0.25) is 0 Å². The van der Waals surface area contributed by atoms with Crippen molar-refractivity contribution in [2.24, 2.45) is 5.92 Å². The molecule has 1 aromatic carbocycles. The van der Waals surface area contributed by atoms with Gasteiger partial charge in [0, 0.05) is 16.6 Å². The van der Waals surface area contributed by atoms with Crippen LogP contribution in [0.5, 0.6) is 0 Å². The fraction of sp³-hybridized carbons (Fsp3) is 0.353. The normalized spacial score (nSPS) is 12.0. The summed E-state index contributed by atoms with van der Waals surface area (Å²) < 4.78 is 0. The first-order chi connectivity index (χ1) is 11.4. The molecular weight excluding hydrogens is 326 g/mol. The zero-order valence-corrected chi connectivity index (χ0v) is 14.7. The summed E-state index contributed by atoms with van der Waals surface area (Å²) in [6, 6.07) is 6.59. The Bertz CT molecular complexity index is 779. The average molecular weight is 347 g/mol. The molecule has 1 atom stereocenters. The number of nitrogens with one attached hydrogen (secondary N) is 3. The first-order valence-electron chi connectivity index (χ1n) is 7.69. The number of carbonyl (C=O) groups is 2. The lowest BCUT2D eigenvalue weighted by Gasteiger charge is -2.22. The summed E-state index contributed by atoms with van der Waals surface area (Å²) in [6.45, 7) is 5.82. The van der Waals surface area contributed by atoms with Crippen molar-refractivity contribution in [3.63, 3.8) is 0 Å². The highest BCUT2D eigenvalue weighted by molar-refractivity contribution is 7.07. The molecule has 0 radical (unpaired) electrons. The van der Waals surface area contributed by atoms with Crippen LogP contribution in [0.15, 0.2) is 34.4 Å². The van der Waals surface area contributed by atoms with Crippen LogP contribution < -0.4 is 15.5 Å². The first-order valence-corrected chi connectivity index (χ1v) is 8.57. The molecule has 6 nitrogen and oxygen atoms in total. The Kier molecular flexibility index (Phi) is 5.92. The van der Waals surface area contributed by atoms with E-state index in [4.69, 9.17) is 0 Å². The number of carbonyl (C=O) groups excluding carboxylic acids is 2. The SMILES string of the molecule is Cc1ccccc1C(=O)NC(C(=O)NCc1csc(=O)[nH]1)C(C)C. The minimum Gasteiger partial charge on any atom is -0.349 e. The van der Waals surface area contributed by atoms with E-state index in [1.165, 1.54) is 0 Å². The Morgan fingerprint density at radius 3 is 2.54 bits per heavy atom. The van der Waals surface area contributed by atoms with Gasteiger partial charge < -0.3 is 15.6 Å². The monoisotopic (exact) mass is 347 g/mol. The van der Waals surface area contributed by atoms with Gasteiger partial charge >= 0.3 is 4.87 Å². The molecule has 1 heterocycles. The standard InChI is InChI=1S/C17H21N3O3S/c1-10(2)14(16(22)18-8-12-9-24-17(23)19-12)20-15(21)13-7-5-4-6-11(13)3/h4-7,9-10,14H,8H2,1-3H3,(H,18,22)(H,19,23)(H,20,21). The Morgan fingerprint density at radius 2 is 1.96 bits per heavy atom. The maximum absolute atomic E-state index is 12.4. The third kappa shape index (κ3) is 4.55. The van der Waals surface area contributed by atoms with Gasteiger partial charge in [-0.1, -0.05) is 43.4 Å². The van der Waals surface area contributed by atoms with Crippen molar-refractivity contribution in [2.45, 2.75) is 33.4 Å². The highest BCUT2D eigenvalue weighted by Crippen LogP contribution is 2.09. The molecule has 2 amide bonds. The number of hydrogen-bond acceptors (Lipinski definition) is 4. The number of hydrogen-bond donors (Lipinski definition) is 3. The molecule has 0 fully saturated rings. The molecule has 0 saturated carbocycles. The number of rotatable bonds is 6. The van der Waals surface area contributed by atoms with E-state index < -0.39 is 6.04 Å². The van der Waals surface area contributed by atoms with E-state index in [0.29, 0.717) is 11.3 Å². The highest BCUT2D eigenvalue weighted by Gasteiger charge is 2.25. The Hall–Kier alpha value is -2.41. The van der Waals surface area contributed by atoms with Crippen molar-refractivity contribution in [3.8, 4) is 0 Å². The molecule has 1 unspecified atom stereocenters. The zero-order chi connectivity index (χ0) is 17.7. The number of H-pyrrole nitrogens is 1.